The van der Waals surface area contributed by atoms with Crippen molar-refractivity contribution >= 4 is 23.2 Å². The number of carbonyl (C=O) groups excluding carboxylic acids is 2. The summed E-state index contributed by atoms with van der Waals surface area (Å²) in [4.78, 5) is 26.2. The molecule has 2 aromatic rings. The first-order valence-corrected chi connectivity index (χ1v) is 8.54. The molecule has 0 unspecified atom stereocenters. The maximum Gasteiger partial charge on any atom is 0.271 e. The lowest BCUT2D eigenvalue weighted by Gasteiger charge is -2.22. The SMILES string of the molecule is Cn1cc(NC(=O)c2ccc(N3CCCCCC3)cc2)c(C(N)=O)n1. The van der Waals surface area contributed by atoms with Gasteiger partial charge in [-0.1, -0.05) is 12.8 Å². The Morgan fingerprint density at radius 2 is 1.72 bits per heavy atom. The second kappa shape index (κ2) is 7.38. The van der Waals surface area contributed by atoms with Crippen molar-refractivity contribution in [1.82, 2.24) is 9.78 Å². The van der Waals surface area contributed by atoms with E-state index in [1.807, 2.05) is 12.1 Å². The van der Waals surface area contributed by atoms with E-state index in [-0.39, 0.29) is 11.6 Å². The van der Waals surface area contributed by atoms with Gasteiger partial charge in [-0.2, -0.15) is 5.10 Å². The normalized spacial score (nSPS) is 14.8. The zero-order chi connectivity index (χ0) is 17.8. The Bertz CT molecular complexity index is 758. The van der Waals surface area contributed by atoms with Crippen LogP contribution in [0.15, 0.2) is 30.5 Å². The van der Waals surface area contributed by atoms with E-state index in [1.54, 1.807) is 25.4 Å². The quantitative estimate of drug-likeness (QED) is 0.891. The molecule has 1 fully saturated rings. The van der Waals surface area contributed by atoms with E-state index in [0.717, 1.165) is 18.8 Å². The van der Waals surface area contributed by atoms with E-state index in [2.05, 4.69) is 15.3 Å². The highest BCUT2D eigenvalue weighted by Gasteiger charge is 2.17. The maximum absolute atomic E-state index is 12.4. The molecule has 2 heterocycles. The fourth-order valence-corrected chi connectivity index (χ4v) is 3.11. The van der Waals surface area contributed by atoms with E-state index in [4.69, 9.17) is 5.73 Å². The van der Waals surface area contributed by atoms with Crippen LogP contribution in [0.1, 0.15) is 46.5 Å². The summed E-state index contributed by atoms with van der Waals surface area (Å²) in [6.45, 7) is 2.12. The van der Waals surface area contributed by atoms with Crippen molar-refractivity contribution in [2.75, 3.05) is 23.3 Å². The zero-order valence-electron chi connectivity index (χ0n) is 14.4. The van der Waals surface area contributed by atoms with Gasteiger partial charge >= 0.3 is 0 Å². The summed E-state index contributed by atoms with van der Waals surface area (Å²) < 4.78 is 1.44. The van der Waals surface area contributed by atoms with Gasteiger partial charge in [-0.25, -0.2) is 0 Å². The van der Waals surface area contributed by atoms with Gasteiger partial charge in [0.25, 0.3) is 11.8 Å². The molecule has 0 saturated carbocycles. The van der Waals surface area contributed by atoms with Gasteiger partial charge in [-0.15, -0.1) is 0 Å². The fraction of sp³-hybridized carbons (Fsp3) is 0.389. The van der Waals surface area contributed by atoms with Crippen LogP contribution in [0, 0.1) is 0 Å². The number of benzene rings is 1. The Balaban J connectivity index is 1.71. The number of primary amides is 1. The summed E-state index contributed by atoms with van der Waals surface area (Å²) in [5, 5.41) is 6.66. The van der Waals surface area contributed by atoms with Crippen LogP contribution in [0.2, 0.25) is 0 Å². The molecule has 0 radical (unpaired) electrons. The summed E-state index contributed by atoms with van der Waals surface area (Å²) in [5.41, 5.74) is 7.32. The Labute approximate surface area is 146 Å². The second-order valence-electron chi connectivity index (χ2n) is 6.33. The van der Waals surface area contributed by atoms with Gasteiger partial charge in [0.1, 0.15) is 0 Å². The average molecular weight is 341 g/mol. The summed E-state index contributed by atoms with van der Waals surface area (Å²) in [6.07, 6.45) is 6.54. The van der Waals surface area contributed by atoms with Crippen LogP contribution >= 0.6 is 0 Å². The number of rotatable bonds is 4. The number of anilines is 2. The highest BCUT2D eigenvalue weighted by molar-refractivity contribution is 6.08. The molecule has 0 bridgehead atoms. The molecule has 25 heavy (non-hydrogen) atoms. The molecule has 7 nitrogen and oxygen atoms in total. The maximum atomic E-state index is 12.4. The van der Waals surface area contributed by atoms with Gasteiger partial charge in [0, 0.05) is 37.6 Å². The van der Waals surface area contributed by atoms with Crippen LogP contribution in [-0.4, -0.2) is 34.7 Å². The predicted molar refractivity (Wildman–Crippen MR) is 96.8 cm³/mol. The molecule has 0 atom stereocenters. The molecule has 1 aromatic heterocycles. The number of aryl methyl sites for hydroxylation is 1. The Morgan fingerprint density at radius 3 is 2.32 bits per heavy atom. The lowest BCUT2D eigenvalue weighted by Crippen LogP contribution is -2.24. The number of aromatic nitrogens is 2. The molecule has 1 aliphatic rings. The Morgan fingerprint density at radius 1 is 1.08 bits per heavy atom. The third-order valence-electron chi connectivity index (χ3n) is 4.41. The third-order valence-corrected chi connectivity index (χ3v) is 4.41. The highest BCUT2D eigenvalue weighted by Crippen LogP contribution is 2.21. The predicted octanol–water partition coefficient (Wildman–Crippen LogP) is 2.15. The first-order chi connectivity index (χ1) is 12.0. The molecule has 2 amide bonds. The standard InChI is InChI=1S/C18H23N5O2/c1-22-12-15(16(21-22)17(19)24)20-18(25)13-6-8-14(9-7-13)23-10-4-2-3-5-11-23/h6-9,12H,2-5,10-11H2,1H3,(H2,19,24)(H,20,25). The van der Waals surface area contributed by atoms with E-state index >= 15 is 0 Å². The van der Waals surface area contributed by atoms with Crippen molar-refractivity contribution in [3.63, 3.8) is 0 Å². The topological polar surface area (TPSA) is 93.3 Å². The van der Waals surface area contributed by atoms with Crippen molar-refractivity contribution in [3.8, 4) is 0 Å². The lowest BCUT2D eigenvalue weighted by molar-refractivity contribution is 0.0995. The van der Waals surface area contributed by atoms with Crippen LogP contribution in [0.3, 0.4) is 0 Å². The molecule has 3 rings (SSSR count). The molecule has 0 aliphatic carbocycles. The van der Waals surface area contributed by atoms with Gasteiger partial charge in [0.2, 0.25) is 0 Å². The van der Waals surface area contributed by atoms with Crippen LogP contribution in [-0.2, 0) is 7.05 Å². The minimum absolute atomic E-state index is 0.0528. The van der Waals surface area contributed by atoms with Crippen molar-refractivity contribution in [1.29, 1.82) is 0 Å². The summed E-state index contributed by atoms with van der Waals surface area (Å²) in [5.74, 6) is -0.967. The van der Waals surface area contributed by atoms with Gasteiger partial charge in [0.15, 0.2) is 5.69 Å². The van der Waals surface area contributed by atoms with Gasteiger partial charge in [-0.3, -0.25) is 14.3 Å². The molecule has 7 heteroatoms. The van der Waals surface area contributed by atoms with Gasteiger partial charge in [0.05, 0.1) is 5.69 Å². The fourth-order valence-electron chi connectivity index (χ4n) is 3.11. The van der Waals surface area contributed by atoms with Crippen molar-refractivity contribution in [2.45, 2.75) is 25.7 Å². The molecule has 1 aromatic carbocycles. The van der Waals surface area contributed by atoms with Crippen molar-refractivity contribution in [2.24, 2.45) is 12.8 Å². The van der Waals surface area contributed by atoms with Gasteiger partial charge < -0.3 is 16.0 Å². The summed E-state index contributed by atoms with van der Waals surface area (Å²) in [6, 6.07) is 7.54. The van der Waals surface area contributed by atoms with E-state index < -0.39 is 5.91 Å². The van der Waals surface area contributed by atoms with E-state index in [9.17, 15) is 9.59 Å². The van der Waals surface area contributed by atoms with Crippen molar-refractivity contribution in [3.05, 3.63) is 41.7 Å². The summed E-state index contributed by atoms with van der Waals surface area (Å²) in [7, 11) is 1.66. The van der Waals surface area contributed by atoms with Gasteiger partial charge in [-0.05, 0) is 37.1 Å². The monoisotopic (exact) mass is 341 g/mol. The Kier molecular flexibility index (Phi) is 5.02. The third kappa shape index (κ3) is 3.99. The molecular weight excluding hydrogens is 318 g/mol. The first kappa shape index (κ1) is 17.0. The first-order valence-electron chi connectivity index (χ1n) is 8.54. The smallest absolute Gasteiger partial charge is 0.271 e. The van der Waals surface area contributed by atoms with Crippen LogP contribution < -0.4 is 16.0 Å². The number of nitrogens with one attached hydrogen (secondary N) is 1. The number of carbonyl (C=O) groups is 2. The van der Waals surface area contributed by atoms with Crippen LogP contribution in [0.5, 0.6) is 0 Å². The molecular formula is C18H23N5O2. The minimum Gasteiger partial charge on any atom is -0.372 e. The lowest BCUT2D eigenvalue weighted by atomic mass is 10.1. The minimum atomic E-state index is -0.674. The second-order valence-corrected chi connectivity index (χ2v) is 6.33. The van der Waals surface area contributed by atoms with E-state index in [0.29, 0.717) is 11.3 Å². The number of nitrogens with two attached hydrogens (primary N) is 1. The zero-order valence-corrected chi connectivity index (χ0v) is 14.4. The number of hydrogen-bond acceptors (Lipinski definition) is 4. The van der Waals surface area contributed by atoms with Crippen LogP contribution in [0.4, 0.5) is 11.4 Å². The van der Waals surface area contributed by atoms with Crippen molar-refractivity contribution < 1.29 is 9.59 Å². The number of amides is 2. The molecule has 1 saturated heterocycles. The highest BCUT2D eigenvalue weighted by atomic mass is 16.2. The Hall–Kier alpha value is -2.83. The molecule has 132 valence electrons. The number of hydrogen-bond donors (Lipinski definition) is 2. The largest absolute Gasteiger partial charge is 0.372 e. The summed E-state index contributed by atoms with van der Waals surface area (Å²) >= 11 is 0. The molecule has 3 N–H and O–H groups in total. The molecule has 1 aliphatic heterocycles. The van der Waals surface area contributed by atoms with Crippen LogP contribution in [0.25, 0.3) is 0 Å². The average Bonchev–Trinajstić information content (AvgIpc) is 2.80. The number of nitrogens with zero attached hydrogens (tertiary/aromatic N) is 3. The molecule has 0 spiro atoms. The van der Waals surface area contributed by atoms with E-state index in [1.165, 1.54) is 30.4 Å².